The van der Waals surface area contributed by atoms with Crippen molar-refractivity contribution in [2.24, 2.45) is 0 Å². The number of Topliss-reactive ketones (excluding diaryl/α,β-unsaturated/α-hetero) is 1. The number of hydrogen-bond donors (Lipinski definition) is 0. The summed E-state index contributed by atoms with van der Waals surface area (Å²) in [5.74, 6) is -1.02. The number of rotatable bonds is 4. The second kappa shape index (κ2) is 6.14. The molecule has 0 saturated heterocycles. The number of halogens is 1. The van der Waals surface area contributed by atoms with Crippen LogP contribution >= 0.6 is 11.6 Å². The highest BCUT2D eigenvalue weighted by Gasteiger charge is 2.35. The minimum atomic E-state index is -0.534. The standard InChI is InChI=1S/C18H13ClN4O2/c19-13-7-5-12(6-8-13)9-22-10-14(20-21-22)11-23-16-4-2-1-3-15(16)17(24)18(23)25/h1-8,10H,9,11H2. The first-order valence-corrected chi connectivity index (χ1v) is 8.08. The van der Waals surface area contributed by atoms with Crippen molar-refractivity contribution in [2.45, 2.75) is 13.1 Å². The normalized spacial score (nSPS) is 13.4. The van der Waals surface area contributed by atoms with E-state index in [4.69, 9.17) is 11.6 Å². The van der Waals surface area contributed by atoms with Crippen molar-refractivity contribution in [1.82, 2.24) is 15.0 Å². The van der Waals surface area contributed by atoms with Crippen LogP contribution < -0.4 is 4.90 Å². The van der Waals surface area contributed by atoms with Crippen molar-refractivity contribution >= 4 is 29.0 Å². The van der Waals surface area contributed by atoms with E-state index < -0.39 is 11.7 Å². The first-order valence-electron chi connectivity index (χ1n) is 7.70. The van der Waals surface area contributed by atoms with Crippen molar-refractivity contribution in [3.63, 3.8) is 0 Å². The Morgan fingerprint density at radius 2 is 1.72 bits per heavy atom. The van der Waals surface area contributed by atoms with Crippen LogP contribution in [0.5, 0.6) is 0 Å². The Kier molecular flexibility index (Phi) is 3.82. The SMILES string of the molecule is O=C1C(=O)N(Cc2cn(Cc3ccc(Cl)cc3)nn2)c2ccccc21. The number of anilines is 1. The summed E-state index contributed by atoms with van der Waals surface area (Å²) in [4.78, 5) is 25.7. The first-order chi connectivity index (χ1) is 12.1. The monoisotopic (exact) mass is 352 g/mol. The van der Waals surface area contributed by atoms with E-state index in [1.165, 1.54) is 4.90 Å². The highest BCUT2D eigenvalue weighted by atomic mass is 35.5. The van der Waals surface area contributed by atoms with Gasteiger partial charge >= 0.3 is 0 Å². The van der Waals surface area contributed by atoms with Gasteiger partial charge in [0.1, 0.15) is 5.69 Å². The van der Waals surface area contributed by atoms with Crippen LogP contribution in [-0.4, -0.2) is 26.7 Å². The van der Waals surface area contributed by atoms with E-state index in [1.807, 2.05) is 24.3 Å². The zero-order chi connectivity index (χ0) is 17.4. The van der Waals surface area contributed by atoms with Gasteiger partial charge in [0.05, 0.1) is 30.5 Å². The molecule has 1 amide bonds. The van der Waals surface area contributed by atoms with Crippen molar-refractivity contribution in [3.05, 3.63) is 76.6 Å². The number of hydrogen-bond acceptors (Lipinski definition) is 4. The van der Waals surface area contributed by atoms with Gasteiger partial charge in [0.25, 0.3) is 11.7 Å². The highest BCUT2D eigenvalue weighted by molar-refractivity contribution is 6.52. The summed E-state index contributed by atoms with van der Waals surface area (Å²) in [6, 6.07) is 14.4. The van der Waals surface area contributed by atoms with E-state index in [0.29, 0.717) is 28.5 Å². The van der Waals surface area contributed by atoms with Crippen LogP contribution in [0.2, 0.25) is 5.02 Å². The smallest absolute Gasteiger partial charge is 0.299 e. The summed E-state index contributed by atoms with van der Waals surface area (Å²) in [6.07, 6.45) is 1.77. The summed E-state index contributed by atoms with van der Waals surface area (Å²) < 4.78 is 1.69. The average molecular weight is 353 g/mol. The maximum atomic E-state index is 12.2. The van der Waals surface area contributed by atoms with Crippen LogP contribution in [0, 0.1) is 0 Å². The lowest BCUT2D eigenvalue weighted by molar-refractivity contribution is -0.114. The quantitative estimate of drug-likeness (QED) is 0.677. The van der Waals surface area contributed by atoms with Gasteiger partial charge in [-0.05, 0) is 29.8 Å². The van der Waals surface area contributed by atoms with Gasteiger partial charge in [-0.15, -0.1) is 5.10 Å². The van der Waals surface area contributed by atoms with E-state index >= 15 is 0 Å². The molecule has 0 saturated carbocycles. The molecule has 1 aromatic heterocycles. The highest BCUT2D eigenvalue weighted by Crippen LogP contribution is 2.29. The maximum Gasteiger partial charge on any atom is 0.299 e. The molecule has 124 valence electrons. The average Bonchev–Trinajstić information content (AvgIpc) is 3.16. The number of benzene rings is 2. The maximum absolute atomic E-state index is 12.2. The third kappa shape index (κ3) is 2.92. The molecule has 6 nitrogen and oxygen atoms in total. The van der Waals surface area contributed by atoms with Crippen LogP contribution in [-0.2, 0) is 17.9 Å². The minimum Gasteiger partial charge on any atom is -0.299 e. The molecule has 0 atom stereocenters. The van der Waals surface area contributed by atoms with Gasteiger partial charge in [-0.25, -0.2) is 4.68 Å². The molecular weight excluding hydrogens is 340 g/mol. The van der Waals surface area contributed by atoms with Crippen LogP contribution in [0.25, 0.3) is 0 Å². The molecule has 1 aliphatic rings. The number of carbonyl (C=O) groups excluding carboxylic acids is 2. The third-order valence-electron chi connectivity index (χ3n) is 4.04. The summed E-state index contributed by atoms with van der Waals surface area (Å²) >= 11 is 5.88. The number of amides is 1. The molecule has 0 N–H and O–H groups in total. The molecule has 0 bridgehead atoms. The molecule has 1 aliphatic heterocycles. The molecule has 0 unspecified atom stereocenters. The van der Waals surface area contributed by atoms with E-state index in [0.717, 1.165) is 5.56 Å². The van der Waals surface area contributed by atoms with Gasteiger partial charge in [0.15, 0.2) is 0 Å². The molecule has 0 fully saturated rings. The predicted octanol–water partition coefficient (Wildman–Crippen LogP) is 2.71. The fourth-order valence-electron chi connectivity index (χ4n) is 2.83. The summed E-state index contributed by atoms with van der Waals surface area (Å²) in [5.41, 5.74) is 2.70. The first kappa shape index (κ1) is 15.5. The molecular formula is C18H13ClN4O2. The van der Waals surface area contributed by atoms with E-state index in [-0.39, 0.29) is 6.54 Å². The predicted molar refractivity (Wildman–Crippen MR) is 92.5 cm³/mol. The molecule has 25 heavy (non-hydrogen) atoms. The Hall–Kier alpha value is -2.99. The van der Waals surface area contributed by atoms with Gasteiger partial charge in [0.2, 0.25) is 0 Å². The summed E-state index contributed by atoms with van der Waals surface area (Å²) in [5, 5.41) is 8.87. The number of aromatic nitrogens is 3. The van der Waals surface area contributed by atoms with Crippen molar-refractivity contribution in [3.8, 4) is 0 Å². The summed E-state index contributed by atoms with van der Waals surface area (Å²) in [7, 11) is 0. The van der Waals surface area contributed by atoms with Gasteiger partial charge in [-0.3, -0.25) is 14.5 Å². The fourth-order valence-corrected chi connectivity index (χ4v) is 2.96. The lowest BCUT2D eigenvalue weighted by atomic mass is 10.1. The number of para-hydroxylation sites is 1. The molecule has 0 spiro atoms. The van der Waals surface area contributed by atoms with E-state index in [1.54, 1.807) is 35.1 Å². The molecule has 3 aromatic rings. The fraction of sp³-hybridized carbons (Fsp3) is 0.111. The van der Waals surface area contributed by atoms with E-state index in [9.17, 15) is 9.59 Å². The Balaban J connectivity index is 1.53. The molecule has 2 aromatic carbocycles. The lowest BCUT2D eigenvalue weighted by Gasteiger charge is -2.14. The van der Waals surface area contributed by atoms with E-state index in [2.05, 4.69) is 10.3 Å². The van der Waals surface area contributed by atoms with Crippen molar-refractivity contribution in [1.29, 1.82) is 0 Å². The second-order valence-electron chi connectivity index (χ2n) is 5.77. The number of fused-ring (bicyclic) bond motifs is 1. The van der Waals surface area contributed by atoms with Gasteiger partial charge < -0.3 is 0 Å². The van der Waals surface area contributed by atoms with Crippen LogP contribution in [0.4, 0.5) is 5.69 Å². The number of carbonyl (C=O) groups is 2. The van der Waals surface area contributed by atoms with Gasteiger partial charge in [-0.1, -0.05) is 41.1 Å². The van der Waals surface area contributed by atoms with Gasteiger partial charge in [0, 0.05) is 5.02 Å². The Morgan fingerprint density at radius 1 is 0.960 bits per heavy atom. The Bertz CT molecular complexity index is 965. The summed E-state index contributed by atoms with van der Waals surface area (Å²) in [6.45, 7) is 0.760. The molecule has 4 rings (SSSR count). The molecule has 2 heterocycles. The van der Waals surface area contributed by atoms with Crippen LogP contribution in [0.15, 0.2) is 54.7 Å². The van der Waals surface area contributed by atoms with Crippen molar-refractivity contribution < 1.29 is 9.59 Å². The van der Waals surface area contributed by atoms with Crippen LogP contribution in [0.3, 0.4) is 0 Å². The lowest BCUT2D eigenvalue weighted by Crippen LogP contribution is -2.29. The Labute approximate surface area is 148 Å². The zero-order valence-corrected chi connectivity index (χ0v) is 13.8. The zero-order valence-electron chi connectivity index (χ0n) is 13.1. The van der Waals surface area contributed by atoms with Gasteiger partial charge in [-0.2, -0.15) is 0 Å². The third-order valence-corrected chi connectivity index (χ3v) is 4.29. The van der Waals surface area contributed by atoms with Crippen molar-refractivity contribution in [2.75, 3.05) is 4.90 Å². The molecule has 0 radical (unpaired) electrons. The Morgan fingerprint density at radius 3 is 2.52 bits per heavy atom. The second-order valence-corrected chi connectivity index (χ2v) is 6.21. The molecule has 0 aliphatic carbocycles. The molecule has 7 heteroatoms. The largest absolute Gasteiger partial charge is 0.299 e. The minimum absolute atomic E-state index is 0.211. The topological polar surface area (TPSA) is 68.1 Å². The number of nitrogens with zero attached hydrogens (tertiary/aromatic N) is 4. The van der Waals surface area contributed by atoms with Crippen LogP contribution in [0.1, 0.15) is 21.6 Å². The number of ketones is 1.